The summed E-state index contributed by atoms with van der Waals surface area (Å²) in [4.78, 5) is 12.5. The summed E-state index contributed by atoms with van der Waals surface area (Å²) >= 11 is 3.43. The highest BCUT2D eigenvalue weighted by Crippen LogP contribution is 2.25. The molecule has 0 unspecified atom stereocenters. The van der Waals surface area contributed by atoms with Crippen LogP contribution in [0.1, 0.15) is 21.6 Å². The maximum atomic E-state index is 12.9. The molecule has 19 heavy (non-hydrogen) atoms. The van der Waals surface area contributed by atoms with E-state index in [1.807, 2.05) is 6.07 Å². The van der Waals surface area contributed by atoms with E-state index in [4.69, 9.17) is 0 Å². The van der Waals surface area contributed by atoms with Crippen LogP contribution < -0.4 is 5.32 Å². The van der Waals surface area contributed by atoms with Crippen LogP contribution in [0.25, 0.3) is 0 Å². The molecule has 5 heteroatoms. The third kappa shape index (κ3) is 2.24. The van der Waals surface area contributed by atoms with Crippen molar-refractivity contribution < 1.29 is 9.18 Å². The summed E-state index contributed by atoms with van der Waals surface area (Å²) in [5.74, 6) is -0.468. The van der Waals surface area contributed by atoms with E-state index in [0.29, 0.717) is 5.56 Å². The van der Waals surface area contributed by atoms with Gasteiger partial charge in [-0.05, 0) is 51.8 Å². The number of aromatic nitrogens is 1. The van der Waals surface area contributed by atoms with E-state index in [0.717, 1.165) is 35.4 Å². The normalized spacial score (nSPS) is 14.2. The molecule has 3 rings (SSSR count). The minimum atomic E-state index is -0.339. The zero-order valence-electron chi connectivity index (χ0n) is 10.1. The van der Waals surface area contributed by atoms with E-state index < -0.39 is 0 Å². The Morgan fingerprint density at radius 1 is 1.32 bits per heavy atom. The van der Waals surface area contributed by atoms with Gasteiger partial charge in [-0.1, -0.05) is 0 Å². The molecule has 2 heterocycles. The fourth-order valence-electron chi connectivity index (χ4n) is 2.36. The van der Waals surface area contributed by atoms with E-state index in [1.54, 1.807) is 4.57 Å². The highest BCUT2D eigenvalue weighted by Gasteiger charge is 2.21. The van der Waals surface area contributed by atoms with Gasteiger partial charge in [-0.15, -0.1) is 0 Å². The molecule has 0 atom stereocenters. The van der Waals surface area contributed by atoms with Gasteiger partial charge < -0.3 is 5.32 Å². The molecule has 1 N–H and O–H groups in total. The molecule has 2 aromatic rings. The fraction of sp³-hybridized carbons (Fsp3) is 0.214. The molecule has 0 saturated carbocycles. The van der Waals surface area contributed by atoms with Crippen LogP contribution in [0.4, 0.5) is 4.39 Å². The molecule has 1 aromatic heterocycles. The minimum absolute atomic E-state index is 0.130. The standard InChI is InChI=1S/C14H12BrFN2O/c15-13-7-10-8-17-6-5-12(10)18(13)14(19)9-1-3-11(16)4-2-9/h1-4,7,17H,5-6,8H2. The molecule has 3 nitrogen and oxygen atoms in total. The first kappa shape index (κ1) is 12.6. The van der Waals surface area contributed by atoms with Crippen LogP contribution in [0.15, 0.2) is 34.9 Å². The third-order valence-corrected chi connectivity index (χ3v) is 3.88. The van der Waals surface area contributed by atoms with Gasteiger partial charge in [0.1, 0.15) is 5.82 Å². The van der Waals surface area contributed by atoms with Gasteiger partial charge in [0.2, 0.25) is 0 Å². The summed E-state index contributed by atoms with van der Waals surface area (Å²) in [6.07, 6.45) is 0.813. The Bertz CT molecular complexity index is 634. The topological polar surface area (TPSA) is 34.0 Å². The number of hydrogen-bond acceptors (Lipinski definition) is 2. The largest absolute Gasteiger partial charge is 0.312 e. The first-order valence-corrected chi connectivity index (χ1v) is 6.86. The molecule has 0 spiro atoms. The lowest BCUT2D eigenvalue weighted by Crippen LogP contribution is -2.26. The average molecular weight is 323 g/mol. The van der Waals surface area contributed by atoms with Crippen LogP contribution in [0.2, 0.25) is 0 Å². The second-order valence-electron chi connectivity index (χ2n) is 4.51. The highest BCUT2D eigenvalue weighted by atomic mass is 79.9. The van der Waals surface area contributed by atoms with E-state index in [1.165, 1.54) is 24.3 Å². The summed E-state index contributed by atoms with van der Waals surface area (Å²) in [6.45, 7) is 1.64. The van der Waals surface area contributed by atoms with Crippen molar-refractivity contribution in [2.75, 3.05) is 6.54 Å². The molecule has 0 saturated heterocycles. The SMILES string of the molecule is O=C(c1ccc(F)cc1)n1c(Br)cc2c1CCNC2. The van der Waals surface area contributed by atoms with E-state index in [2.05, 4.69) is 21.2 Å². The predicted molar refractivity (Wildman–Crippen MR) is 73.7 cm³/mol. The van der Waals surface area contributed by atoms with Gasteiger partial charge in [-0.3, -0.25) is 9.36 Å². The number of halogens is 2. The maximum absolute atomic E-state index is 12.9. The third-order valence-electron chi connectivity index (χ3n) is 3.30. The fourth-order valence-corrected chi connectivity index (χ4v) is 3.01. The second-order valence-corrected chi connectivity index (χ2v) is 5.33. The van der Waals surface area contributed by atoms with E-state index >= 15 is 0 Å². The number of nitrogens with one attached hydrogen (secondary N) is 1. The maximum Gasteiger partial charge on any atom is 0.263 e. The van der Waals surface area contributed by atoms with Crippen molar-refractivity contribution in [3.8, 4) is 0 Å². The van der Waals surface area contributed by atoms with Gasteiger partial charge >= 0.3 is 0 Å². The van der Waals surface area contributed by atoms with Gasteiger partial charge in [0.25, 0.3) is 5.91 Å². The first-order chi connectivity index (χ1) is 9.16. The minimum Gasteiger partial charge on any atom is -0.312 e. The molecular weight excluding hydrogens is 311 g/mol. The number of fused-ring (bicyclic) bond motifs is 1. The smallest absolute Gasteiger partial charge is 0.263 e. The van der Waals surface area contributed by atoms with Crippen LogP contribution in [0.5, 0.6) is 0 Å². The summed E-state index contributed by atoms with van der Waals surface area (Å²) in [5, 5.41) is 3.27. The summed E-state index contributed by atoms with van der Waals surface area (Å²) in [7, 11) is 0. The quantitative estimate of drug-likeness (QED) is 0.876. The summed E-state index contributed by atoms with van der Waals surface area (Å²) in [5.41, 5.74) is 2.65. The van der Waals surface area contributed by atoms with Crippen molar-refractivity contribution in [3.05, 3.63) is 57.6 Å². The molecule has 0 aliphatic carbocycles. The molecule has 98 valence electrons. The van der Waals surface area contributed by atoms with Crippen molar-refractivity contribution in [1.82, 2.24) is 9.88 Å². The predicted octanol–water partition coefficient (Wildman–Crippen LogP) is 2.72. The zero-order chi connectivity index (χ0) is 13.4. The van der Waals surface area contributed by atoms with E-state index in [9.17, 15) is 9.18 Å². The van der Waals surface area contributed by atoms with E-state index in [-0.39, 0.29) is 11.7 Å². The van der Waals surface area contributed by atoms with Crippen molar-refractivity contribution >= 4 is 21.8 Å². The lowest BCUT2D eigenvalue weighted by atomic mass is 10.1. The Morgan fingerprint density at radius 2 is 2.05 bits per heavy atom. The van der Waals surface area contributed by atoms with Crippen molar-refractivity contribution in [3.63, 3.8) is 0 Å². The van der Waals surface area contributed by atoms with Crippen LogP contribution in [0, 0.1) is 5.82 Å². The van der Waals surface area contributed by atoms with Crippen molar-refractivity contribution in [1.29, 1.82) is 0 Å². The Balaban J connectivity index is 2.04. The van der Waals surface area contributed by atoms with Gasteiger partial charge in [0, 0.05) is 30.8 Å². The lowest BCUT2D eigenvalue weighted by Gasteiger charge is -2.16. The van der Waals surface area contributed by atoms with Crippen LogP contribution in [-0.2, 0) is 13.0 Å². The Kier molecular flexibility index (Phi) is 3.24. The highest BCUT2D eigenvalue weighted by molar-refractivity contribution is 9.10. The van der Waals surface area contributed by atoms with Crippen molar-refractivity contribution in [2.24, 2.45) is 0 Å². The molecule has 1 aromatic carbocycles. The number of benzene rings is 1. The molecule has 0 amide bonds. The molecule has 0 radical (unpaired) electrons. The van der Waals surface area contributed by atoms with Crippen LogP contribution in [0.3, 0.4) is 0 Å². The van der Waals surface area contributed by atoms with Crippen LogP contribution in [-0.4, -0.2) is 17.0 Å². The molecule has 0 bridgehead atoms. The van der Waals surface area contributed by atoms with Crippen LogP contribution >= 0.6 is 15.9 Å². The average Bonchev–Trinajstić information content (AvgIpc) is 2.74. The number of rotatable bonds is 1. The number of carbonyl (C=O) groups excluding carboxylic acids is 1. The monoisotopic (exact) mass is 322 g/mol. The van der Waals surface area contributed by atoms with Gasteiger partial charge in [-0.25, -0.2) is 4.39 Å². The molecule has 1 aliphatic rings. The first-order valence-electron chi connectivity index (χ1n) is 6.07. The van der Waals surface area contributed by atoms with Crippen molar-refractivity contribution in [2.45, 2.75) is 13.0 Å². The summed E-state index contributed by atoms with van der Waals surface area (Å²) < 4.78 is 15.3. The Morgan fingerprint density at radius 3 is 2.79 bits per heavy atom. The Labute approximate surface area is 118 Å². The number of nitrogens with zero attached hydrogens (tertiary/aromatic N) is 1. The number of carbonyl (C=O) groups is 1. The van der Waals surface area contributed by atoms with Gasteiger partial charge in [-0.2, -0.15) is 0 Å². The van der Waals surface area contributed by atoms with Gasteiger partial charge in [0.15, 0.2) is 0 Å². The van der Waals surface area contributed by atoms with Gasteiger partial charge in [0.05, 0.1) is 4.60 Å². The zero-order valence-corrected chi connectivity index (χ0v) is 11.7. The molecule has 1 aliphatic heterocycles. The molecular formula is C14H12BrFN2O. The molecule has 0 fully saturated rings. The lowest BCUT2D eigenvalue weighted by molar-refractivity contribution is 0.0954. The number of hydrogen-bond donors (Lipinski definition) is 1. The second kappa shape index (κ2) is 4.90. The summed E-state index contributed by atoms with van der Waals surface area (Å²) in [6, 6.07) is 7.59. The Hall–Kier alpha value is -1.46.